The topological polar surface area (TPSA) is 75.8 Å². The van der Waals surface area contributed by atoms with Crippen molar-refractivity contribution < 1.29 is 9.72 Å². The minimum absolute atomic E-state index is 0.0180. The van der Waals surface area contributed by atoms with E-state index in [2.05, 4.69) is 18.8 Å². The number of carbonyl (C=O) groups excluding carboxylic acids is 1. The maximum Gasteiger partial charge on any atom is 0.270 e. The van der Waals surface area contributed by atoms with E-state index in [4.69, 9.17) is 0 Å². The molecule has 6 nitrogen and oxygen atoms in total. The van der Waals surface area contributed by atoms with Crippen molar-refractivity contribution in [1.29, 1.82) is 0 Å². The molecule has 0 aliphatic carbocycles. The molecule has 1 aliphatic heterocycles. The van der Waals surface area contributed by atoms with Crippen molar-refractivity contribution in [2.24, 2.45) is 4.99 Å². The molecule has 1 saturated heterocycles. The Labute approximate surface area is 152 Å². The lowest BCUT2D eigenvalue weighted by Gasteiger charge is -2.14. The average molecular weight is 361 g/mol. The molecule has 1 fully saturated rings. The molecule has 0 radical (unpaired) electrons. The number of nitrogens with zero attached hydrogens (tertiary/aromatic N) is 3. The number of hydrogen-bond donors (Lipinski definition) is 0. The van der Waals surface area contributed by atoms with Gasteiger partial charge in [0.2, 0.25) is 0 Å². The van der Waals surface area contributed by atoms with Gasteiger partial charge in [-0.15, -0.1) is 0 Å². The van der Waals surface area contributed by atoms with Gasteiger partial charge in [0.15, 0.2) is 5.17 Å². The summed E-state index contributed by atoms with van der Waals surface area (Å²) in [6.45, 7) is 5.55. The van der Waals surface area contributed by atoms with Gasteiger partial charge in [-0.25, -0.2) is 0 Å². The zero-order valence-electron chi connectivity index (χ0n) is 14.6. The zero-order valence-corrected chi connectivity index (χ0v) is 15.4. The number of unbranched alkanes of at least 4 members (excludes halogenated alkanes) is 2. The maximum absolute atomic E-state index is 12.7. The van der Waals surface area contributed by atoms with E-state index in [-0.39, 0.29) is 11.6 Å². The zero-order chi connectivity index (χ0) is 18.2. The molecule has 1 aromatic carbocycles. The number of benzene rings is 1. The van der Waals surface area contributed by atoms with Crippen LogP contribution in [0.15, 0.2) is 34.2 Å². The van der Waals surface area contributed by atoms with Crippen LogP contribution >= 0.6 is 11.8 Å². The van der Waals surface area contributed by atoms with E-state index in [1.165, 1.54) is 23.9 Å². The smallest absolute Gasteiger partial charge is 0.270 e. The molecule has 0 N–H and O–H groups in total. The molecule has 7 heteroatoms. The van der Waals surface area contributed by atoms with Gasteiger partial charge in [-0.1, -0.05) is 38.8 Å². The monoisotopic (exact) mass is 361 g/mol. The number of thioether (sulfide) groups is 1. The summed E-state index contributed by atoms with van der Waals surface area (Å²) in [5, 5.41) is 11.6. The number of hydrogen-bond acceptors (Lipinski definition) is 5. The largest absolute Gasteiger partial charge is 0.287 e. The lowest BCUT2D eigenvalue weighted by Crippen LogP contribution is -2.30. The number of non-ortho nitro benzene ring substituents is 1. The predicted octanol–water partition coefficient (Wildman–Crippen LogP) is 4.47. The minimum Gasteiger partial charge on any atom is -0.287 e. The van der Waals surface area contributed by atoms with Crippen LogP contribution in [0.4, 0.5) is 5.69 Å². The molecule has 0 aromatic heterocycles. The summed E-state index contributed by atoms with van der Waals surface area (Å²) in [5.41, 5.74) is 0.666. The van der Waals surface area contributed by atoms with Crippen LogP contribution in [0.1, 0.15) is 45.1 Å². The average Bonchev–Trinajstić information content (AvgIpc) is 2.89. The molecule has 1 aromatic rings. The van der Waals surface area contributed by atoms with Gasteiger partial charge in [0, 0.05) is 25.2 Å². The van der Waals surface area contributed by atoms with E-state index in [1.54, 1.807) is 23.1 Å². The maximum atomic E-state index is 12.7. The third-order valence-corrected chi connectivity index (χ3v) is 4.81. The van der Waals surface area contributed by atoms with Crippen molar-refractivity contribution >= 4 is 34.6 Å². The number of carbonyl (C=O) groups is 1. The van der Waals surface area contributed by atoms with Gasteiger partial charge >= 0.3 is 0 Å². The van der Waals surface area contributed by atoms with Gasteiger partial charge < -0.3 is 0 Å². The lowest BCUT2D eigenvalue weighted by molar-refractivity contribution is -0.384. The van der Waals surface area contributed by atoms with Gasteiger partial charge in [0.05, 0.1) is 9.83 Å². The second-order valence-corrected chi connectivity index (χ2v) is 6.80. The number of nitro groups is 1. The van der Waals surface area contributed by atoms with Crippen molar-refractivity contribution in [3.63, 3.8) is 0 Å². The Kier molecular flexibility index (Phi) is 7.18. The van der Waals surface area contributed by atoms with Crippen LogP contribution in [0.3, 0.4) is 0 Å². The Morgan fingerprint density at radius 2 is 2.04 bits per heavy atom. The molecule has 25 heavy (non-hydrogen) atoms. The Balaban J connectivity index is 2.25. The molecular weight excluding hydrogens is 338 g/mol. The van der Waals surface area contributed by atoms with Crippen LogP contribution in [0.25, 0.3) is 6.08 Å². The number of rotatable bonds is 8. The van der Waals surface area contributed by atoms with Gasteiger partial charge in [0.1, 0.15) is 0 Å². The van der Waals surface area contributed by atoms with E-state index in [0.717, 1.165) is 30.9 Å². The second-order valence-electron chi connectivity index (χ2n) is 5.79. The molecule has 1 heterocycles. The number of amidine groups is 1. The second kappa shape index (κ2) is 9.36. The first kappa shape index (κ1) is 19.2. The summed E-state index contributed by atoms with van der Waals surface area (Å²) in [7, 11) is 0. The van der Waals surface area contributed by atoms with Crippen LogP contribution in [0.2, 0.25) is 0 Å². The predicted molar refractivity (Wildman–Crippen MR) is 102 cm³/mol. The van der Waals surface area contributed by atoms with E-state index in [0.29, 0.717) is 23.6 Å². The highest BCUT2D eigenvalue weighted by molar-refractivity contribution is 8.18. The van der Waals surface area contributed by atoms with Gasteiger partial charge in [-0.2, -0.15) is 0 Å². The summed E-state index contributed by atoms with van der Waals surface area (Å²) in [6, 6.07) is 6.30. The number of nitro benzene ring substituents is 1. The highest BCUT2D eigenvalue weighted by Gasteiger charge is 2.32. The fourth-order valence-electron chi connectivity index (χ4n) is 2.35. The van der Waals surface area contributed by atoms with Crippen LogP contribution < -0.4 is 0 Å². The van der Waals surface area contributed by atoms with Crippen LogP contribution in [-0.2, 0) is 4.79 Å². The van der Waals surface area contributed by atoms with E-state index >= 15 is 0 Å². The van der Waals surface area contributed by atoms with E-state index in [1.807, 2.05) is 0 Å². The third kappa shape index (κ3) is 5.16. The van der Waals surface area contributed by atoms with Crippen LogP contribution in [0.5, 0.6) is 0 Å². The highest BCUT2D eigenvalue weighted by atomic mass is 32.2. The Bertz CT molecular complexity index is 701. The normalized spacial score (nSPS) is 17.7. The van der Waals surface area contributed by atoms with E-state index < -0.39 is 4.92 Å². The van der Waals surface area contributed by atoms with Crippen molar-refractivity contribution in [1.82, 2.24) is 4.90 Å². The Hall–Kier alpha value is -2.15. The third-order valence-electron chi connectivity index (χ3n) is 3.76. The van der Waals surface area contributed by atoms with Crippen LogP contribution in [0, 0.1) is 10.1 Å². The fourth-order valence-corrected chi connectivity index (χ4v) is 3.38. The molecule has 2 rings (SSSR count). The van der Waals surface area contributed by atoms with Gasteiger partial charge in [0.25, 0.3) is 11.6 Å². The summed E-state index contributed by atoms with van der Waals surface area (Å²) >= 11 is 1.35. The summed E-state index contributed by atoms with van der Waals surface area (Å²) < 4.78 is 0. The van der Waals surface area contributed by atoms with Crippen molar-refractivity contribution in [2.75, 3.05) is 13.1 Å². The van der Waals surface area contributed by atoms with Gasteiger partial charge in [-0.3, -0.25) is 24.8 Å². The Morgan fingerprint density at radius 1 is 1.28 bits per heavy atom. The molecule has 0 spiro atoms. The molecular formula is C18H23N3O3S. The molecule has 0 unspecified atom stereocenters. The summed E-state index contributed by atoms with van der Waals surface area (Å²) in [6.07, 6.45) is 5.68. The lowest BCUT2D eigenvalue weighted by atomic mass is 10.2. The molecule has 1 amide bonds. The minimum atomic E-state index is -0.434. The van der Waals surface area contributed by atoms with Crippen molar-refractivity contribution in [3.8, 4) is 0 Å². The summed E-state index contributed by atoms with van der Waals surface area (Å²) in [4.78, 5) is 30.0. The molecule has 0 atom stereocenters. The number of amides is 1. The van der Waals surface area contributed by atoms with Crippen LogP contribution in [-0.4, -0.2) is 34.0 Å². The first-order valence-corrected chi connectivity index (χ1v) is 9.38. The quantitative estimate of drug-likeness (QED) is 0.296. The Morgan fingerprint density at radius 3 is 2.72 bits per heavy atom. The molecule has 134 valence electrons. The van der Waals surface area contributed by atoms with E-state index in [9.17, 15) is 14.9 Å². The van der Waals surface area contributed by atoms with Crippen molar-refractivity contribution in [2.45, 2.75) is 39.5 Å². The molecule has 0 saturated carbocycles. The SMILES string of the molecule is CCCCN=C1S/C(=C\c2cccc([N+](=O)[O-])c2)C(=O)N1CCCC. The number of aliphatic imine (C=N–C) groups is 1. The molecule has 1 aliphatic rings. The molecule has 0 bridgehead atoms. The van der Waals surface area contributed by atoms with Gasteiger partial charge in [-0.05, 0) is 36.2 Å². The first-order valence-electron chi connectivity index (χ1n) is 8.57. The fraction of sp³-hybridized carbons (Fsp3) is 0.444. The first-order chi connectivity index (χ1) is 12.1. The standard InChI is InChI=1S/C18H23N3O3S/c1-3-5-10-19-18-20(11-6-4-2)17(22)16(25-18)13-14-8-7-9-15(12-14)21(23)24/h7-9,12-13H,3-6,10-11H2,1-2H3/b16-13-,19-18?. The summed E-state index contributed by atoms with van der Waals surface area (Å²) in [5.74, 6) is -0.0693. The van der Waals surface area contributed by atoms with Crippen molar-refractivity contribution in [3.05, 3.63) is 44.8 Å². The highest BCUT2D eigenvalue weighted by Crippen LogP contribution is 2.33.